The number of nitriles is 1. The molecular formula is C18H22N2O2S. The summed E-state index contributed by atoms with van der Waals surface area (Å²) in [6, 6.07) is 11.8. The van der Waals surface area contributed by atoms with Crippen LogP contribution in [-0.4, -0.2) is 25.0 Å². The van der Waals surface area contributed by atoms with Crippen molar-refractivity contribution in [3.8, 4) is 11.8 Å². The molecule has 0 aliphatic rings. The van der Waals surface area contributed by atoms with Gasteiger partial charge >= 0.3 is 0 Å². The maximum atomic E-state index is 11.2. The fourth-order valence-electron chi connectivity index (χ4n) is 2.84. The van der Waals surface area contributed by atoms with E-state index in [1.54, 1.807) is 0 Å². The van der Waals surface area contributed by atoms with Crippen molar-refractivity contribution in [1.29, 1.82) is 5.26 Å². The van der Waals surface area contributed by atoms with Gasteiger partial charge in [-0.2, -0.15) is 5.26 Å². The first-order chi connectivity index (χ1) is 10.8. The van der Waals surface area contributed by atoms with E-state index in [-0.39, 0.29) is 5.75 Å². The van der Waals surface area contributed by atoms with Gasteiger partial charge in [-0.1, -0.05) is 0 Å². The summed E-state index contributed by atoms with van der Waals surface area (Å²) < 4.78 is 24.5. The zero-order valence-electron chi connectivity index (χ0n) is 13.8. The van der Waals surface area contributed by atoms with Crippen LogP contribution in [0.1, 0.15) is 35.4 Å². The van der Waals surface area contributed by atoms with Crippen molar-refractivity contribution < 1.29 is 8.42 Å². The maximum absolute atomic E-state index is 11.2. The predicted molar refractivity (Wildman–Crippen MR) is 92.6 cm³/mol. The highest BCUT2D eigenvalue weighted by Crippen LogP contribution is 2.22. The van der Waals surface area contributed by atoms with Gasteiger partial charge in [0, 0.05) is 29.1 Å². The normalized spacial score (nSPS) is 11.4. The van der Waals surface area contributed by atoms with Crippen molar-refractivity contribution >= 4 is 9.84 Å². The van der Waals surface area contributed by atoms with E-state index >= 15 is 0 Å². The Bertz CT molecular complexity index is 825. The molecule has 23 heavy (non-hydrogen) atoms. The van der Waals surface area contributed by atoms with E-state index in [4.69, 9.17) is 5.26 Å². The summed E-state index contributed by atoms with van der Waals surface area (Å²) in [4.78, 5) is 0. The molecule has 0 unspecified atom stereocenters. The molecular weight excluding hydrogens is 308 g/mol. The Balaban J connectivity index is 2.14. The van der Waals surface area contributed by atoms with Crippen LogP contribution in [0, 0.1) is 25.2 Å². The topological polar surface area (TPSA) is 62.9 Å². The monoisotopic (exact) mass is 330 g/mol. The van der Waals surface area contributed by atoms with Crippen LogP contribution in [0.5, 0.6) is 0 Å². The van der Waals surface area contributed by atoms with Crippen molar-refractivity contribution in [2.24, 2.45) is 0 Å². The van der Waals surface area contributed by atoms with Gasteiger partial charge in [0.25, 0.3) is 0 Å². The molecule has 0 N–H and O–H groups in total. The second-order valence-corrected chi connectivity index (χ2v) is 8.24. The lowest BCUT2D eigenvalue weighted by Gasteiger charge is -2.10. The molecule has 0 saturated heterocycles. The second kappa shape index (κ2) is 7.01. The zero-order chi connectivity index (χ0) is 17.0. The van der Waals surface area contributed by atoms with Crippen molar-refractivity contribution in [3.05, 3.63) is 52.8 Å². The van der Waals surface area contributed by atoms with Gasteiger partial charge in [0.05, 0.1) is 11.6 Å². The zero-order valence-corrected chi connectivity index (χ0v) is 14.7. The van der Waals surface area contributed by atoms with E-state index < -0.39 is 9.84 Å². The fraction of sp³-hybridized carbons (Fsp3) is 0.389. The molecule has 0 saturated carbocycles. The Kier molecular flexibility index (Phi) is 5.27. The highest BCUT2D eigenvalue weighted by molar-refractivity contribution is 7.90. The van der Waals surface area contributed by atoms with Gasteiger partial charge in [-0.3, -0.25) is 0 Å². The molecule has 1 aromatic carbocycles. The number of benzene rings is 1. The number of nitrogens with zero attached hydrogens (tertiary/aromatic N) is 2. The van der Waals surface area contributed by atoms with Crippen LogP contribution in [-0.2, 0) is 16.3 Å². The molecule has 0 radical (unpaired) electrons. The first kappa shape index (κ1) is 17.3. The summed E-state index contributed by atoms with van der Waals surface area (Å²) in [5, 5.41) is 8.89. The molecule has 0 amide bonds. The quantitative estimate of drug-likeness (QED) is 0.763. The molecule has 122 valence electrons. The molecule has 0 aliphatic heterocycles. The standard InChI is InChI=1S/C18H22N2O2S/c1-14-12-17(6-4-5-11-23(3,21)22)15(2)20(14)18-9-7-16(13-19)8-10-18/h7-10,12H,4-6,11H2,1-3H3. The first-order valence-electron chi connectivity index (χ1n) is 7.68. The van der Waals surface area contributed by atoms with Gasteiger partial charge in [-0.15, -0.1) is 0 Å². The summed E-state index contributed by atoms with van der Waals surface area (Å²) in [5.41, 5.74) is 5.26. The average Bonchev–Trinajstić information content (AvgIpc) is 2.77. The predicted octanol–water partition coefficient (Wildman–Crippen LogP) is 3.33. The summed E-state index contributed by atoms with van der Waals surface area (Å²) >= 11 is 0. The highest BCUT2D eigenvalue weighted by Gasteiger charge is 2.11. The van der Waals surface area contributed by atoms with Gasteiger partial charge < -0.3 is 4.57 Å². The molecule has 0 spiro atoms. The number of rotatable bonds is 6. The van der Waals surface area contributed by atoms with Crippen LogP contribution >= 0.6 is 0 Å². The summed E-state index contributed by atoms with van der Waals surface area (Å²) in [7, 11) is -2.87. The lowest BCUT2D eigenvalue weighted by atomic mass is 10.1. The number of aromatic nitrogens is 1. The third kappa shape index (κ3) is 4.46. The van der Waals surface area contributed by atoms with Crippen LogP contribution in [0.3, 0.4) is 0 Å². The first-order valence-corrected chi connectivity index (χ1v) is 9.74. The third-order valence-corrected chi connectivity index (χ3v) is 5.03. The molecule has 2 rings (SSSR count). The number of sulfone groups is 1. The number of unbranched alkanes of at least 4 members (excludes halogenated alkanes) is 1. The van der Waals surface area contributed by atoms with Crippen molar-refractivity contribution in [2.75, 3.05) is 12.0 Å². The van der Waals surface area contributed by atoms with Crippen LogP contribution in [0.4, 0.5) is 0 Å². The van der Waals surface area contributed by atoms with Crippen LogP contribution in [0.15, 0.2) is 30.3 Å². The Morgan fingerprint density at radius 3 is 2.35 bits per heavy atom. The Hall–Kier alpha value is -2.06. The Morgan fingerprint density at radius 1 is 1.13 bits per heavy atom. The third-order valence-electron chi connectivity index (χ3n) is 4.00. The summed E-state index contributed by atoms with van der Waals surface area (Å²) in [6.07, 6.45) is 3.72. The lowest BCUT2D eigenvalue weighted by Crippen LogP contribution is -2.03. The van der Waals surface area contributed by atoms with Crippen molar-refractivity contribution in [3.63, 3.8) is 0 Å². The number of aryl methyl sites for hydroxylation is 2. The van der Waals surface area contributed by atoms with Gasteiger partial charge in [0.2, 0.25) is 0 Å². The highest BCUT2D eigenvalue weighted by atomic mass is 32.2. The van der Waals surface area contributed by atoms with E-state index in [0.29, 0.717) is 12.0 Å². The van der Waals surface area contributed by atoms with Gasteiger partial charge in [0.15, 0.2) is 0 Å². The SMILES string of the molecule is Cc1cc(CCCCS(C)(=O)=O)c(C)n1-c1ccc(C#N)cc1. The largest absolute Gasteiger partial charge is 0.318 e. The molecule has 0 aliphatic carbocycles. The average molecular weight is 330 g/mol. The molecule has 0 fully saturated rings. The molecule has 5 heteroatoms. The lowest BCUT2D eigenvalue weighted by molar-refractivity contribution is 0.597. The summed E-state index contributed by atoms with van der Waals surface area (Å²) in [5.74, 6) is 0.251. The Morgan fingerprint density at radius 2 is 1.78 bits per heavy atom. The maximum Gasteiger partial charge on any atom is 0.147 e. The second-order valence-electron chi connectivity index (χ2n) is 5.98. The molecule has 0 bridgehead atoms. The fourth-order valence-corrected chi connectivity index (χ4v) is 3.57. The van der Waals surface area contributed by atoms with E-state index in [1.165, 1.54) is 17.5 Å². The Labute approximate surface area is 138 Å². The molecule has 1 aromatic heterocycles. The van der Waals surface area contributed by atoms with E-state index in [2.05, 4.69) is 30.6 Å². The molecule has 1 heterocycles. The molecule has 4 nitrogen and oxygen atoms in total. The number of hydrogen-bond acceptors (Lipinski definition) is 3. The van der Waals surface area contributed by atoms with Crippen molar-refractivity contribution in [2.45, 2.75) is 33.1 Å². The molecule has 0 atom stereocenters. The summed E-state index contributed by atoms with van der Waals surface area (Å²) in [6.45, 7) is 4.14. The number of hydrogen-bond donors (Lipinski definition) is 0. The minimum Gasteiger partial charge on any atom is -0.318 e. The van der Waals surface area contributed by atoms with Crippen LogP contribution < -0.4 is 0 Å². The van der Waals surface area contributed by atoms with Gasteiger partial charge in [-0.05, 0) is 69.0 Å². The minimum absolute atomic E-state index is 0.251. The smallest absolute Gasteiger partial charge is 0.147 e. The minimum atomic E-state index is -2.87. The van der Waals surface area contributed by atoms with Gasteiger partial charge in [0.1, 0.15) is 9.84 Å². The molecule has 2 aromatic rings. The van der Waals surface area contributed by atoms with Crippen molar-refractivity contribution in [1.82, 2.24) is 4.57 Å². The van der Waals surface area contributed by atoms with Crippen LogP contribution in [0.25, 0.3) is 5.69 Å². The van der Waals surface area contributed by atoms with E-state index in [1.807, 2.05) is 24.3 Å². The van der Waals surface area contributed by atoms with Crippen LogP contribution in [0.2, 0.25) is 0 Å². The van der Waals surface area contributed by atoms with E-state index in [0.717, 1.165) is 24.2 Å². The van der Waals surface area contributed by atoms with Gasteiger partial charge in [-0.25, -0.2) is 8.42 Å². The van der Waals surface area contributed by atoms with E-state index in [9.17, 15) is 8.42 Å².